The maximum atomic E-state index is 11.0. The van der Waals surface area contributed by atoms with Crippen LogP contribution in [0.3, 0.4) is 0 Å². The van der Waals surface area contributed by atoms with Crippen LogP contribution in [0.2, 0.25) is 0 Å². The van der Waals surface area contributed by atoms with Crippen LogP contribution in [0.1, 0.15) is 46.0 Å². The highest BCUT2D eigenvalue weighted by molar-refractivity contribution is 5.86. The van der Waals surface area contributed by atoms with E-state index in [1.807, 2.05) is 0 Å². The Bertz CT molecular complexity index is 254. The first kappa shape index (κ1) is 8.98. The zero-order valence-electron chi connectivity index (χ0n) is 8.60. The summed E-state index contributed by atoms with van der Waals surface area (Å²) in [6.07, 6.45) is 7.79. The second kappa shape index (κ2) is 2.97. The van der Waals surface area contributed by atoms with Crippen LogP contribution in [-0.2, 0) is 4.79 Å². The molecule has 2 aliphatic rings. The maximum absolute atomic E-state index is 11.0. The Balaban J connectivity index is 1.99. The normalized spacial score (nSPS) is 32.3. The molecule has 0 heterocycles. The minimum atomic E-state index is 0.355. The summed E-state index contributed by atoms with van der Waals surface area (Å²) in [5.74, 6) is 1.24. The third kappa shape index (κ3) is 1.56. The highest BCUT2D eigenvalue weighted by Gasteiger charge is 2.44. The lowest BCUT2D eigenvalue weighted by molar-refractivity contribution is -0.135. The Morgan fingerprint density at radius 1 is 1.46 bits per heavy atom. The van der Waals surface area contributed by atoms with Gasteiger partial charge in [-0.05, 0) is 37.5 Å². The zero-order valence-corrected chi connectivity index (χ0v) is 8.60. The Morgan fingerprint density at radius 2 is 2.15 bits per heavy atom. The predicted molar refractivity (Wildman–Crippen MR) is 53.4 cm³/mol. The number of allylic oxidation sites excluding steroid dienone is 2. The van der Waals surface area contributed by atoms with Crippen LogP contribution >= 0.6 is 0 Å². The van der Waals surface area contributed by atoms with Crippen molar-refractivity contribution in [1.82, 2.24) is 0 Å². The third-order valence-electron chi connectivity index (χ3n) is 3.83. The molecule has 0 saturated heterocycles. The fourth-order valence-corrected chi connectivity index (χ4v) is 2.74. The number of hydrogen-bond acceptors (Lipinski definition) is 1. The first-order valence-corrected chi connectivity index (χ1v) is 5.27. The van der Waals surface area contributed by atoms with E-state index in [0.29, 0.717) is 11.2 Å². The summed E-state index contributed by atoms with van der Waals surface area (Å²) < 4.78 is 0. The molecule has 0 aliphatic heterocycles. The Kier molecular flexibility index (Phi) is 2.05. The Labute approximate surface area is 80.2 Å². The van der Waals surface area contributed by atoms with Crippen LogP contribution in [0.5, 0.6) is 0 Å². The lowest BCUT2D eigenvalue weighted by Gasteiger charge is -2.45. The molecule has 1 fully saturated rings. The molecule has 0 bridgehead atoms. The van der Waals surface area contributed by atoms with Crippen LogP contribution < -0.4 is 0 Å². The van der Waals surface area contributed by atoms with Crippen LogP contribution in [-0.4, -0.2) is 5.78 Å². The average molecular weight is 178 g/mol. The minimum absolute atomic E-state index is 0.355. The van der Waals surface area contributed by atoms with Gasteiger partial charge in [0.15, 0.2) is 0 Å². The third-order valence-corrected chi connectivity index (χ3v) is 3.83. The van der Waals surface area contributed by atoms with Crippen molar-refractivity contribution in [3.05, 3.63) is 11.6 Å². The summed E-state index contributed by atoms with van der Waals surface area (Å²) in [6.45, 7) is 4.50. The van der Waals surface area contributed by atoms with Gasteiger partial charge in [-0.15, -0.1) is 0 Å². The van der Waals surface area contributed by atoms with Crippen LogP contribution in [0, 0.1) is 11.3 Å². The highest BCUT2D eigenvalue weighted by atomic mass is 16.1. The summed E-state index contributed by atoms with van der Waals surface area (Å²) in [7, 11) is 0. The summed E-state index contributed by atoms with van der Waals surface area (Å²) >= 11 is 0. The van der Waals surface area contributed by atoms with Crippen molar-refractivity contribution in [2.45, 2.75) is 46.0 Å². The number of rotatable bonds is 1. The van der Waals surface area contributed by atoms with E-state index in [1.54, 1.807) is 0 Å². The van der Waals surface area contributed by atoms with Gasteiger partial charge in [-0.25, -0.2) is 0 Å². The van der Waals surface area contributed by atoms with Crippen molar-refractivity contribution in [1.29, 1.82) is 0 Å². The Morgan fingerprint density at radius 3 is 2.62 bits per heavy atom. The highest BCUT2D eigenvalue weighted by Crippen LogP contribution is 2.49. The van der Waals surface area contributed by atoms with Crippen molar-refractivity contribution in [2.24, 2.45) is 11.3 Å². The van der Waals surface area contributed by atoms with Gasteiger partial charge in [0.1, 0.15) is 5.78 Å². The van der Waals surface area contributed by atoms with E-state index in [4.69, 9.17) is 0 Å². The van der Waals surface area contributed by atoms with Crippen LogP contribution in [0.25, 0.3) is 0 Å². The molecule has 2 rings (SSSR count). The molecule has 1 atom stereocenters. The summed E-state index contributed by atoms with van der Waals surface area (Å²) in [5.41, 5.74) is 1.89. The first-order chi connectivity index (χ1) is 6.10. The average Bonchev–Trinajstić information content (AvgIpc) is 2.03. The van der Waals surface area contributed by atoms with Gasteiger partial charge in [-0.2, -0.15) is 0 Å². The SMILES string of the molecule is CC1=CC[C@@H](C2(C)CC(=O)C2)CC1. The van der Waals surface area contributed by atoms with Gasteiger partial charge in [0, 0.05) is 12.8 Å². The molecule has 0 amide bonds. The number of carbonyl (C=O) groups is 1. The van der Waals surface area contributed by atoms with E-state index in [9.17, 15) is 4.79 Å². The van der Waals surface area contributed by atoms with Gasteiger partial charge in [0.2, 0.25) is 0 Å². The number of ketones is 1. The monoisotopic (exact) mass is 178 g/mol. The lowest BCUT2D eigenvalue weighted by Crippen LogP contribution is -2.41. The van der Waals surface area contributed by atoms with Gasteiger partial charge < -0.3 is 0 Å². The van der Waals surface area contributed by atoms with Crippen molar-refractivity contribution in [3.63, 3.8) is 0 Å². The molecule has 0 aromatic heterocycles. The zero-order chi connectivity index (χ0) is 9.47. The van der Waals surface area contributed by atoms with Crippen LogP contribution in [0.4, 0.5) is 0 Å². The molecule has 2 aliphatic carbocycles. The second-order valence-electron chi connectivity index (χ2n) is 5.07. The molecule has 1 saturated carbocycles. The summed E-state index contributed by atoms with van der Waals surface area (Å²) in [5, 5.41) is 0. The fourth-order valence-electron chi connectivity index (χ4n) is 2.74. The molecule has 13 heavy (non-hydrogen) atoms. The first-order valence-electron chi connectivity index (χ1n) is 5.27. The molecule has 0 spiro atoms. The van der Waals surface area contributed by atoms with Gasteiger partial charge in [0.05, 0.1) is 0 Å². The standard InChI is InChI=1S/C12H18O/c1-9-3-5-10(6-4-9)12(2)7-11(13)8-12/h3,10H,4-8H2,1-2H3/t10-/m1/s1. The Hall–Kier alpha value is -0.590. The second-order valence-corrected chi connectivity index (χ2v) is 5.07. The molecule has 0 aromatic carbocycles. The molecule has 1 heteroatoms. The molecule has 0 N–H and O–H groups in total. The lowest BCUT2D eigenvalue weighted by atomic mass is 9.59. The molecule has 0 radical (unpaired) electrons. The largest absolute Gasteiger partial charge is 0.300 e. The predicted octanol–water partition coefficient (Wildman–Crippen LogP) is 3.10. The molecule has 72 valence electrons. The summed E-state index contributed by atoms with van der Waals surface area (Å²) in [4.78, 5) is 11.0. The van der Waals surface area contributed by atoms with E-state index in [1.165, 1.54) is 24.8 Å². The smallest absolute Gasteiger partial charge is 0.134 e. The van der Waals surface area contributed by atoms with Crippen LogP contribution in [0.15, 0.2) is 11.6 Å². The van der Waals surface area contributed by atoms with Crippen molar-refractivity contribution in [2.75, 3.05) is 0 Å². The number of hydrogen-bond donors (Lipinski definition) is 0. The van der Waals surface area contributed by atoms with E-state index < -0.39 is 0 Å². The van der Waals surface area contributed by atoms with E-state index in [0.717, 1.165) is 18.8 Å². The quantitative estimate of drug-likeness (QED) is 0.564. The molecule has 1 nitrogen and oxygen atoms in total. The molecular weight excluding hydrogens is 160 g/mol. The van der Waals surface area contributed by atoms with Crippen molar-refractivity contribution < 1.29 is 4.79 Å². The van der Waals surface area contributed by atoms with Gasteiger partial charge in [0.25, 0.3) is 0 Å². The summed E-state index contributed by atoms with van der Waals surface area (Å²) in [6, 6.07) is 0. The number of carbonyl (C=O) groups excluding carboxylic acids is 1. The molecular formula is C12H18O. The maximum Gasteiger partial charge on any atom is 0.134 e. The molecule has 0 aromatic rings. The minimum Gasteiger partial charge on any atom is -0.300 e. The molecule has 0 unspecified atom stereocenters. The topological polar surface area (TPSA) is 17.1 Å². The number of Topliss-reactive ketones (excluding diaryl/α,β-unsaturated/α-hetero) is 1. The van der Waals surface area contributed by atoms with E-state index >= 15 is 0 Å². The fraction of sp³-hybridized carbons (Fsp3) is 0.750. The van der Waals surface area contributed by atoms with Gasteiger partial charge in [-0.1, -0.05) is 18.6 Å². The van der Waals surface area contributed by atoms with Gasteiger partial charge in [-0.3, -0.25) is 4.79 Å². The van der Waals surface area contributed by atoms with E-state index in [2.05, 4.69) is 19.9 Å². The van der Waals surface area contributed by atoms with Crippen molar-refractivity contribution >= 4 is 5.78 Å². The van der Waals surface area contributed by atoms with Crippen molar-refractivity contribution in [3.8, 4) is 0 Å². The van der Waals surface area contributed by atoms with Gasteiger partial charge >= 0.3 is 0 Å². The van der Waals surface area contributed by atoms with E-state index in [-0.39, 0.29) is 0 Å².